The van der Waals surface area contributed by atoms with Gasteiger partial charge in [-0.1, -0.05) is 61.2 Å². The van der Waals surface area contributed by atoms with Crippen LogP contribution in [0.25, 0.3) is 6.08 Å². The van der Waals surface area contributed by atoms with Crippen molar-refractivity contribution in [1.82, 2.24) is 5.32 Å². The van der Waals surface area contributed by atoms with Crippen molar-refractivity contribution in [2.24, 2.45) is 0 Å². The first-order valence-corrected chi connectivity index (χ1v) is 7.64. The highest BCUT2D eigenvalue weighted by atomic mass is 16.5. The molecule has 1 saturated heterocycles. The normalized spacial score (nSPS) is 19.4. The summed E-state index contributed by atoms with van der Waals surface area (Å²) in [6.07, 6.45) is 1.67. The lowest BCUT2D eigenvalue weighted by Gasteiger charge is -2.32. The molecule has 0 aromatic heterocycles. The fraction of sp³-hybridized carbons (Fsp3) is 0.263. The first kappa shape index (κ1) is 14.8. The molecule has 0 aliphatic carbocycles. The van der Waals surface area contributed by atoms with E-state index in [1.165, 1.54) is 0 Å². The highest BCUT2D eigenvalue weighted by Gasteiger charge is 2.28. The summed E-state index contributed by atoms with van der Waals surface area (Å²) in [7, 11) is 0. The Morgan fingerprint density at radius 3 is 2.64 bits per heavy atom. The minimum atomic E-state index is -0.143. The molecular formula is C19H21NO2. The van der Waals surface area contributed by atoms with Crippen LogP contribution >= 0.6 is 0 Å². The van der Waals surface area contributed by atoms with Crippen LogP contribution in [0.2, 0.25) is 0 Å². The molecule has 2 aromatic carbocycles. The van der Waals surface area contributed by atoms with E-state index in [1.807, 2.05) is 48.5 Å². The number of morpholine rings is 1. The molecule has 114 valence electrons. The van der Waals surface area contributed by atoms with Crippen molar-refractivity contribution < 1.29 is 9.47 Å². The molecule has 1 aliphatic rings. The van der Waals surface area contributed by atoms with Crippen LogP contribution in [0.1, 0.15) is 17.2 Å². The zero-order valence-corrected chi connectivity index (χ0v) is 12.6. The molecule has 0 unspecified atom stereocenters. The Hall–Kier alpha value is -2.10. The molecule has 2 atom stereocenters. The van der Waals surface area contributed by atoms with E-state index >= 15 is 0 Å². The van der Waals surface area contributed by atoms with Gasteiger partial charge in [0, 0.05) is 18.7 Å². The summed E-state index contributed by atoms with van der Waals surface area (Å²) in [6.45, 7) is 6.25. The van der Waals surface area contributed by atoms with Gasteiger partial charge in [-0.2, -0.15) is 0 Å². The van der Waals surface area contributed by atoms with E-state index in [0.717, 1.165) is 30.0 Å². The third-order valence-electron chi connectivity index (χ3n) is 3.81. The third kappa shape index (κ3) is 3.38. The van der Waals surface area contributed by atoms with Gasteiger partial charge in [-0.3, -0.25) is 0 Å². The summed E-state index contributed by atoms with van der Waals surface area (Å²) >= 11 is 0. The maximum absolute atomic E-state index is 6.33. The molecule has 1 aliphatic heterocycles. The van der Waals surface area contributed by atoms with E-state index < -0.39 is 0 Å². The molecule has 1 N–H and O–H groups in total. The van der Waals surface area contributed by atoms with E-state index in [4.69, 9.17) is 9.47 Å². The number of hydrogen-bond donors (Lipinski definition) is 1. The summed E-state index contributed by atoms with van der Waals surface area (Å²) in [4.78, 5) is 0. The van der Waals surface area contributed by atoms with E-state index in [1.54, 1.807) is 0 Å². The number of benzene rings is 2. The van der Waals surface area contributed by atoms with Crippen LogP contribution in [-0.4, -0.2) is 25.8 Å². The first-order chi connectivity index (χ1) is 10.9. The summed E-state index contributed by atoms with van der Waals surface area (Å²) < 4.78 is 12.3. The summed E-state index contributed by atoms with van der Waals surface area (Å²) in [6, 6.07) is 18.2. The van der Waals surface area contributed by atoms with Gasteiger partial charge in [0.1, 0.15) is 11.9 Å². The quantitative estimate of drug-likeness (QED) is 0.916. The Kier molecular flexibility index (Phi) is 4.88. The minimum Gasteiger partial charge on any atom is -0.482 e. The molecule has 2 aromatic rings. The lowest BCUT2D eigenvalue weighted by molar-refractivity contribution is -0.0433. The van der Waals surface area contributed by atoms with Gasteiger partial charge in [0.25, 0.3) is 0 Å². The fourth-order valence-electron chi connectivity index (χ4n) is 2.67. The Morgan fingerprint density at radius 1 is 1.14 bits per heavy atom. The number of hydrogen-bond acceptors (Lipinski definition) is 3. The van der Waals surface area contributed by atoms with Gasteiger partial charge in [0.05, 0.1) is 6.61 Å². The zero-order chi connectivity index (χ0) is 15.2. The van der Waals surface area contributed by atoms with Crippen LogP contribution < -0.4 is 10.1 Å². The van der Waals surface area contributed by atoms with E-state index in [0.29, 0.717) is 6.61 Å². The largest absolute Gasteiger partial charge is 0.482 e. The molecule has 0 bridgehead atoms. The van der Waals surface area contributed by atoms with Crippen molar-refractivity contribution in [3.63, 3.8) is 0 Å². The van der Waals surface area contributed by atoms with Crippen LogP contribution in [0.4, 0.5) is 0 Å². The van der Waals surface area contributed by atoms with Gasteiger partial charge in [-0.05, 0) is 11.6 Å². The van der Waals surface area contributed by atoms with Crippen molar-refractivity contribution in [2.75, 3.05) is 19.7 Å². The number of nitrogens with one attached hydrogen (secondary N) is 1. The lowest BCUT2D eigenvalue weighted by Crippen LogP contribution is -2.43. The highest BCUT2D eigenvalue weighted by Crippen LogP contribution is 2.29. The molecule has 3 nitrogen and oxygen atoms in total. The first-order valence-electron chi connectivity index (χ1n) is 7.64. The van der Waals surface area contributed by atoms with E-state index in [-0.39, 0.29) is 12.2 Å². The molecule has 0 amide bonds. The number of para-hydroxylation sites is 1. The minimum absolute atomic E-state index is 0.00554. The molecule has 3 rings (SSSR count). The van der Waals surface area contributed by atoms with Crippen LogP contribution in [0.3, 0.4) is 0 Å². The van der Waals surface area contributed by atoms with Gasteiger partial charge in [-0.25, -0.2) is 0 Å². The van der Waals surface area contributed by atoms with Gasteiger partial charge in [0.2, 0.25) is 0 Å². The molecule has 22 heavy (non-hydrogen) atoms. The average Bonchev–Trinajstić information content (AvgIpc) is 2.61. The maximum Gasteiger partial charge on any atom is 0.151 e. The standard InChI is InChI=1S/C19H21NO2/c1-2-15-8-6-7-11-17(15)22-19(16-9-4-3-5-10-16)18-14-20-12-13-21-18/h2-11,18-20H,1,12-14H2/t18-,19-/m0/s1. The van der Waals surface area contributed by atoms with Gasteiger partial charge in [0.15, 0.2) is 6.10 Å². The molecule has 3 heteroatoms. The maximum atomic E-state index is 6.33. The third-order valence-corrected chi connectivity index (χ3v) is 3.81. The second-order valence-electron chi connectivity index (χ2n) is 5.30. The molecule has 0 saturated carbocycles. The Bertz CT molecular complexity index is 606. The lowest BCUT2D eigenvalue weighted by atomic mass is 10.0. The van der Waals surface area contributed by atoms with Crippen LogP contribution in [0.15, 0.2) is 61.2 Å². The van der Waals surface area contributed by atoms with Crippen molar-refractivity contribution in [3.8, 4) is 5.75 Å². The Labute approximate surface area is 131 Å². The summed E-state index contributed by atoms with van der Waals surface area (Å²) in [5.74, 6) is 0.834. The van der Waals surface area contributed by atoms with E-state index in [9.17, 15) is 0 Å². The predicted octanol–water partition coefficient (Wildman–Crippen LogP) is 3.44. The van der Waals surface area contributed by atoms with Gasteiger partial charge < -0.3 is 14.8 Å². The average molecular weight is 295 g/mol. The summed E-state index contributed by atoms with van der Waals surface area (Å²) in [5.41, 5.74) is 2.11. The topological polar surface area (TPSA) is 30.5 Å². The smallest absolute Gasteiger partial charge is 0.151 e. The van der Waals surface area contributed by atoms with Crippen molar-refractivity contribution in [3.05, 3.63) is 72.3 Å². The molecule has 1 fully saturated rings. The van der Waals surface area contributed by atoms with Crippen molar-refractivity contribution >= 4 is 6.08 Å². The number of ether oxygens (including phenoxy) is 2. The second kappa shape index (κ2) is 7.25. The molecule has 0 radical (unpaired) electrons. The van der Waals surface area contributed by atoms with Crippen molar-refractivity contribution in [1.29, 1.82) is 0 Å². The second-order valence-corrected chi connectivity index (χ2v) is 5.30. The fourth-order valence-corrected chi connectivity index (χ4v) is 2.67. The Balaban J connectivity index is 1.89. The summed E-state index contributed by atoms with van der Waals surface area (Å²) in [5, 5.41) is 3.37. The van der Waals surface area contributed by atoms with E-state index in [2.05, 4.69) is 24.0 Å². The predicted molar refractivity (Wildman–Crippen MR) is 89.0 cm³/mol. The Morgan fingerprint density at radius 2 is 1.91 bits per heavy atom. The van der Waals surface area contributed by atoms with Crippen LogP contribution in [0.5, 0.6) is 5.75 Å². The molecular weight excluding hydrogens is 274 g/mol. The van der Waals surface area contributed by atoms with Crippen molar-refractivity contribution in [2.45, 2.75) is 12.2 Å². The SMILES string of the molecule is C=Cc1ccccc1O[C@@H](c1ccccc1)[C@@H]1CNCCO1. The number of rotatable bonds is 5. The van der Waals surface area contributed by atoms with Gasteiger partial charge in [-0.15, -0.1) is 0 Å². The molecule has 1 heterocycles. The zero-order valence-electron chi connectivity index (χ0n) is 12.6. The molecule has 0 spiro atoms. The van der Waals surface area contributed by atoms with Crippen LogP contribution in [0, 0.1) is 0 Å². The van der Waals surface area contributed by atoms with Crippen LogP contribution in [-0.2, 0) is 4.74 Å². The highest BCUT2D eigenvalue weighted by molar-refractivity contribution is 5.55. The van der Waals surface area contributed by atoms with Gasteiger partial charge >= 0.3 is 0 Å². The monoisotopic (exact) mass is 295 g/mol.